The normalized spacial score (nSPS) is 12.4. The van der Waals surface area contributed by atoms with Crippen LogP contribution in [-0.4, -0.2) is 35.8 Å². The number of nitrogens with two attached hydrogens (primary N) is 1. The minimum Gasteiger partial charge on any atom is -0.469 e. The highest BCUT2D eigenvalue weighted by atomic mass is 16.5. The third-order valence-corrected chi connectivity index (χ3v) is 5.42. The molecule has 0 aliphatic rings. The Bertz CT molecular complexity index is 1220. The van der Waals surface area contributed by atoms with Crippen molar-refractivity contribution in [3.05, 3.63) is 93.9 Å². The fourth-order valence-corrected chi connectivity index (χ4v) is 3.56. The Kier molecular flexibility index (Phi) is 7.40. The maximum absolute atomic E-state index is 12.8. The molecule has 8 nitrogen and oxygen atoms in total. The topological polar surface area (TPSA) is 138 Å². The first-order valence-corrected chi connectivity index (χ1v) is 10.4. The molecule has 8 heteroatoms. The summed E-state index contributed by atoms with van der Waals surface area (Å²) in [5.74, 6) is -1.46. The molecule has 0 bridgehead atoms. The number of amides is 1. The molecule has 2 aromatic carbocycles. The molecule has 1 aromatic heterocycles. The highest BCUT2D eigenvalue weighted by Crippen LogP contribution is 2.19. The number of ether oxygens (including phenoxy) is 1. The van der Waals surface area contributed by atoms with Gasteiger partial charge in [0.25, 0.3) is 5.91 Å². The molecule has 0 spiro atoms. The van der Waals surface area contributed by atoms with Crippen molar-refractivity contribution in [2.24, 2.45) is 11.7 Å². The van der Waals surface area contributed by atoms with Gasteiger partial charge in [0.05, 0.1) is 13.0 Å². The zero-order valence-corrected chi connectivity index (χ0v) is 18.4. The molecule has 0 fully saturated rings. The first kappa shape index (κ1) is 23.5. The smallest absolute Gasteiger partial charge is 0.311 e. The van der Waals surface area contributed by atoms with Crippen LogP contribution in [0.4, 0.5) is 0 Å². The highest BCUT2D eigenvalue weighted by molar-refractivity contribution is 5.95. The molecule has 2 atom stereocenters. The SMILES string of the molecule is COC(=O)C(Cc1cccc(C(=N)N)c1)C(C)NC(=O)c1ccc(-c2cc[nH]c(=O)c2)cc1. The number of nitrogen functional groups attached to an aromatic ring is 1. The van der Waals surface area contributed by atoms with E-state index in [0.717, 1.165) is 16.7 Å². The van der Waals surface area contributed by atoms with Crippen LogP contribution in [0.1, 0.15) is 28.4 Å². The first-order chi connectivity index (χ1) is 15.8. The number of esters is 1. The standard InChI is InChI=1S/C25H26N4O4/c1-15(21(25(32)33-2)13-16-4-3-5-20(12-16)23(26)27)29-24(31)18-8-6-17(7-9-18)19-10-11-28-22(30)14-19/h3-12,14-15,21H,13H2,1-2H3,(H3,26,27)(H,28,30)(H,29,31). The van der Waals surface area contributed by atoms with E-state index < -0.39 is 17.9 Å². The van der Waals surface area contributed by atoms with E-state index in [4.69, 9.17) is 15.9 Å². The lowest BCUT2D eigenvalue weighted by Crippen LogP contribution is -2.42. The molecule has 0 saturated carbocycles. The van der Waals surface area contributed by atoms with Gasteiger partial charge in [-0.15, -0.1) is 0 Å². The minimum atomic E-state index is -0.628. The number of nitrogens with one attached hydrogen (secondary N) is 3. The zero-order valence-electron chi connectivity index (χ0n) is 18.4. The van der Waals surface area contributed by atoms with Gasteiger partial charge in [-0.05, 0) is 54.3 Å². The van der Waals surface area contributed by atoms with Gasteiger partial charge >= 0.3 is 5.97 Å². The summed E-state index contributed by atoms with van der Waals surface area (Å²) in [4.78, 5) is 39.3. The average molecular weight is 447 g/mol. The van der Waals surface area contributed by atoms with Gasteiger partial charge < -0.3 is 20.8 Å². The molecular formula is C25H26N4O4. The van der Waals surface area contributed by atoms with Gasteiger partial charge in [-0.2, -0.15) is 0 Å². The van der Waals surface area contributed by atoms with Gasteiger partial charge in [0, 0.05) is 29.4 Å². The molecule has 5 N–H and O–H groups in total. The minimum absolute atomic E-state index is 0.0589. The summed E-state index contributed by atoms with van der Waals surface area (Å²) in [5, 5.41) is 10.5. The summed E-state index contributed by atoms with van der Waals surface area (Å²) in [6.45, 7) is 1.75. The number of amidine groups is 1. The number of methoxy groups -OCH3 is 1. The van der Waals surface area contributed by atoms with E-state index >= 15 is 0 Å². The predicted octanol–water partition coefficient (Wildman–Crippen LogP) is 2.48. The lowest BCUT2D eigenvalue weighted by molar-refractivity contribution is -0.146. The Morgan fingerprint density at radius 1 is 1.06 bits per heavy atom. The largest absolute Gasteiger partial charge is 0.469 e. The van der Waals surface area contributed by atoms with E-state index in [1.54, 1.807) is 61.7 Å². The molecular weight excluding hydrogens is 420 g/mol. The maximum Gasteiger partial charge on any atom is 0.311 e. The molecule has 170 valence electrons. The summed E-state index contributed by atoms with van der Waals surface area (Å²) in [5.41, 5.74) is 8.71. The van der Waals surface area contributed by atoms with E-state index in [-0.39, 0.29) is 17.3 Å². The predicted molar refractivity (Wildman–Crippen MR) is 126 cm³/mol. The van der Waals surface area contributed by atoms with Gasteiger partial charge in [0.15, 0.2) is 0 Å². The van der Waals surface area contributed by atoms with Crippen molar-refractivity contribution in [1.82, 2.24) is 10.3 Å². The molecule has 2 unspecified atom stereocenters. The van der Waals surface area contributed by atoms with Crippen LogP contribution in [0.15, 0.2) is 71.7 Å². The second kappa shape index (κ2) is 10.4. The molecule has 3 rings (SSSR count). The van der Waals surface area contributed by atoms with Crippen LogP contribution in [0.3, 0.4) is 0 Å². The summed E-state index contributed by atoms with van der Waals surface area (Å²) >= 11 is 0. The van der Waals surface area contributed by atoms with Crippen molar-refractivity contribution in [3.63, 3.8) is 0 Å². The molecule has 3 aromatic rings. The van der Waals surface area contributed by atoms with E-state index in [9.17, 15) is 14.4 Å². The van der Waals surface area contributed by atoms with Crippen molar-refractivity contribution in [2.75, 3.05) is 7.11 Å². The second-order valence-corrected chi connectivity index (χ2v) is 7.73. The van der Waals surface area contributed by atoms with Crippen LogP contribution < -0.4 is 16.6 Å². The van der Waals surface area contributed by atoms with Gasteiger partial charge in [-0.25, -0.2) is 0 Å². The fraction of sp³-hybridized carbons (Fsp3) is 0.200. The van der Waals surface area contributed by atoms with E-state index in [1.165, 1.54) is 13.2 Å². The van der Waals surface area contributed by atoms with E-state index in [2.05, 4.69) is 10.3 Å². The number of pyridine rings is 1. The summed E-state index contributed by atoms with van der Waals surface area (Å²) in [6, 6.07) is 16.7. The van der Waals surface area contributed by atoms with Crippen LogP contribution in [0, 0.1) is 11.3 Å². The van der Waals surface area contributed by atoms with E-state index in [1.807, 2.05) is 6.07 Å². The van der Waals surface area contributed by atoms with Gasteiger partial charge in [-0.1, -0.05) is 30.3 Å². The molecule has 1 heterocycles. The van der Waals surface area contributed by atoms with Gasteiger partial charge in [0.1, 0.15) is 5.84 Å². The van der Waals surface area contributed by atoms with E-state index in [0.29, 0.717) is 17.5 Å². The van der Waals surface area contributed by atoms with Gasteiger partial charge in [-0.3, -0.25) is 19.8 Å². The number of H-pyrrole nitrogens is 1. The molecule has 0 radical (unpaired) electrons. The zero-order chi connectivity index (χ0) is 24.0. The van der Waals surface area contributed by atoms with Crippen molar-refractivity contribution in [3.8, 4) is 11.1 Å². The summed E-state index contributed by atoms with van der Waals surface area (Å²) < 4.78 is 4.96. The number of aromatic amines is 1. The number of carbonyl (C=O) groups excluding carboxylic acids is 2. The number of hydrogen-bond donors (Lipinski definition) is 4. The molecule has 1 amide bonds. The molecule has 0 saturated heterocycles. The Morgan fingerprint density at radius 2 is 1.79 bits per heavy atom. The second-order valence-electron chi connectivity index (χ2n) is 7.73. The van der Waals surface area contributed by atoms with Crippen LogP contribution in [0.25, 0.3) is 11.1 Å². The van der Waals surface area contributed by atoms with Crippen molar-refractivity contribution in [1.29, 1.82) is 5.41 Å². The van der Waals surface area contributed by atoms with Crippen LogP contribution in [0.5, 0.6) is 0 Å². The Labute approximate surface area is 191 Å². The third kappa shape index (κ3) is 5.94. The number of rotatable bonds is 8. The third-order valence-electron chi connectivity index (χ3n) is 5.42. The fourth-order valence-electron chi connectivity index (χ4n) is 3.56. The summed E-state index contributed by atoms with van der Waals surface area (Å²) in [6.07, 6.45) is 1.88. The molecule has 0 aliphatic heterocycles. The monoisotopic (exact) mass is 446 g/mol. The first-order valence-electron chi connectivity index (χ1n) is 10.4. The highest BCUT2D eigenvalue weighted by Gasteiger charge is 2.28. The Balaban J connectivity index is 1.73. The van der Waals surface area contributed by atoms with Crippen molar-refractivity contribution < 1.29 is 14.3 Å². The quantitative estimate of drug-likeness (QED) is 0.239. The van der Waals surface area contributed by atoms with Crippen molar-refractivity contribution in [2.45, 2.75) is 19.4 Å². The average Bonchev–Trinajstić information content (AvgIpc) is 2.82. The molecule has 0 aliphatic carbocycles. The van der Waals surface area contributed by atoms with Gasteiger partial charge in [0.2, 0.25) is 5.56 Å². The number of hydrogen-bond acceptors (Lipinski definition) is 5. The number of carbonyl (C=O) groups is 2. The molecule has 33 heavy (non-hydrogen) atoms. The maximum atomic E-state index is 12.8. The Hall–Kier alpha value is -4.20. The summed E-state index contributed by atoms with van der Waals surface area (Å²) in [7, 11) is 1.31. The van der Waals surface area contributed by atoms with Crippen molar-refractivity contribution >= 4 is 17.7 Å². The lowest BCUT2D eigenvalue weighted by Gasteiger charge is -2.23. The Morgan fingerprint density at radius 3 is 2.42 bits per heavy atom. The van der Waals surface area contributed by atoms with Crippen LogP contribution >= 0.6 is 0 Å². The number of aromatic nitrogens is 1. The van der Waals surface area contributed by atoms with Crippen LogP contribution in [-0.2, 0) is 16.0 Å². The lowest BCUT2D eigenvalue weighted by atomic mass is 9.92. The number of benzene rings is 2. The van der Waals surface area contributed by atoms with Crippen LogP contribution in [0.2, 0.25) is 0 Å².